The number of halogens is 1. The van der Waals surface area contributed by atoms with Crippen LogP contribution in [0.15, 0.2) is 42.9 Å². The van der Waals surface area contributed by atoms with Gasteiger partial charge in [0.05, 0.1) is 36.3 Å². The highest BCUT2D eigenvalue weighted by Gasteiger charge is 2.32. The molecule has 0 unspecified atom stereocenters. The quantitative estimate of drug-likeness (QED) is 0.586. The largest absolute Gasteiger partial charge is 0.367 e. The van der Waals surface area contributed by atoms with Crippen molar-refractivity contribution in [3.05, 3.63) is 54.4 Å². The van der Waals surface area contributed by atoms with Gasteiger partial charge in [0.25, 0.3) is 0 Å². The van der Waals surface area contributed by atoms with Crippen molar-refractivity contribution in [2.45, 2.75) is 32.6 Å². The van der Waals surface area contributed by atoms with Crippen molar-refractivity contribution in [3.8, 4) is 22.5 Å². The summed E-state index contributed by atoms with van der Waals surface area (Å²) < 4.78 is 21.4. The number of aromatic nitrogens is 5. The van der Waals surface area contributed by atoms with Crippen LogP contribution in [0.3, 0.4) is 0 Å². The van der Waals surface area contributed by atoms with Crippen LogP contribution in [0.2, 0.25) is 0 Å². The molecule has 1 aliphatic heterocycles. The van der Waals surface area contributed by atoms with Gasteiger partial charge in [-0.1, -0.05) is 0 Å². The Bertz CT molecular complexity index is 1140. The number of hydrogen-bond acceptors (Lipinski definition) is 4. The maximum absolute atomic E-state index is 13.4. The molecule has 0 fully saturated rings. The standard InChI is InChI=1S/C20H18FN5O/c1-20(2)11-26-16(10-27-20)17(13-5-7-22-19-14(13)6-8-23-19)18(25-26)15-4-3-12(21)9-24-15/h3-9H,10-11H2,1-2H3,(H,22,23). The van der Waals surface area contributed by atoms with Gasteiger partial charge in [0.2, 0.25) is 0 Å². The lowest BCUT2D eigenvalue weighted by atomic mass is 9.98. The lowest BCUT2D eigenvalue weighted by Gasteiger charge is -2.31. The molecule has 0 atom stereocenters. The zero-order valence-corrected chi connectivity index (χ0v) is 15.0. The Balaban J connectivity index is 1.79. The van der Waals surface area contributed by atoms with Crippen LogP contribution in [0.1, 0.15) is 19.5 Å². The second-order valence-electron chi connectivity index (χ2n) is 7.34. The van der Waals surface area contributed by atoms with Crippen LogP contribution >= 0.6 is 0 Å². The van der Waals surface area contributed by atoms with Gasteiger partial charge in [0.1, 0.15) is 17.2 Å². The molecular weight excluding hydrogens is 345 g/mol. The maximum Gasteiger partial charge on any atom is 0.141 e. The molecule has 4 aromatic heterocycles. The topological polar surface area (TPSA) is 68.6 Å². The molecule has 0 aromatic carbocycles. The van der Waals surface area contributed by atoms with E-state index in [9.17, 15) is 4.39 Å². The molecule has 27 heavy (non-hydrogen) atoms. The molecule has 5 rings (SSSR count). The van der Waals surface area contributed by atoms with E-state index >= 15 is 0 Å². The highest BCUT2D eigenvalue weighted by atomic mass is 19.1. The van der Waals surface area contributed by atoms with Gasteiger partial charge in [-0.3, -0.25) is 9.67 Å². The molecule has 0 spiro atoms. The van der Waals surface area contributed by atoms with Gasteiger partial charge in [0, 0.05) is 23.3 Å². The number of ether oxygens (including phenoxy) is 1. The summed E-state index contributed by atoms with van der Waals surface area (Å²) in [5.41, 5.74) is 4.81. The van der Waals surface area contributed by atoms with Gasteiger partial charge in [0.15, 0.2) is 0 Å². The van der Waals surface area contributed by atoms with E-state index in [2.05, 4.69) is 15.0 Å². The predicted molar refractivity (Wildman–Crippen MR) is 99.4 cm³/mol. The molecule has 5 heterocycles. The third-order valence-electron chi connectivity index (χ3n) is 4.89. The second kappa shape index (κ2) is 5.72. The molecule has 1 N–H and O–H groups in total. The molecule has 0 radical (unpaired) electrons. The molecule has 0 amide bonds. The fourth-order valence-corrected chi connectivity index (χ4v) is 3.60. The van der Waals surface area contributed by atoms with Crippen molar-refractivity contribution in [3.63, 3.8) is 0 Å². The van der Waals surface area contributed by atoms with Crippen LogP contribution in [0.25, 0.3) is 33.5 Å². The van der Waals surface area contributed by atoms with E-state index in [1.165, 1.54) is 12.3 Å². The summed E-state index contributed by atoms with van der Waals surface area (Å²) in [5, 5.41) is 5.84. The molecular formula is C20H18FN5O. The first-order chi connectivity index (χ1) is 13.0. The number of H-pyrrole nitrogens is 1. The number of pyridine rings is 2. The van der Waals surface area contributed by atoms with Gasteiger partial charge in [-0.2, -0.15) is 5.10 Å². The zero-order valence-electron chi connectivity index (χ0n) is 15.0. The van der Waals surface area contributed by atoms with Crippen LogP contribution < -0.4 is 0 Å². The van der Waals surface area contributed by atoms with E-state index in [4.69, 9.17) is 9.84 Å². The predicted octanol–water partition coefficient (Wildman–Crippen LogP) is 3.94. The minimum atomic E-state index is -0.370. The Kier molecular flexibility index (Phi) is 3.42. The van der Waals surface area contributed by atoms with E-state index in [0.717, 1.165) is 33.5 Å². The van der Waals surface area contributed by atoms with E-state index in [0.29, 0.717) is 18.8 Å². The molecule has 6 nitrogen and oxygen atoms in total. The fraction of sp³-hybridized carbons (Fsp3) is 0.250. The average Bonchev–Trinajstić information content (AvgIpc) is 3.25. The van der Waals surface area contributed by atoms with Crippen molar-refractivity contribution >= 4 is 11.0 Å². The lowest BCUT2D eigenvalue weighted by Crippen LogP contribution is -2.36. The number of aromatic amines is 1. The fourth-order valence-electron chi connectivity index (χ4n) is 3.60. The van der Waals surface area contributed by atoms with Crippen LogP contribution in [0.4, 0.5) is 4.39 Å². The number of nitrogens with one attached hydrogen (secondary N) is 1. The van der Waals surface area contributed by atoms with Crippen molar-refractivity contribution in [2.75, 3.05) is 0 Å². The van der Waals surface area contributed by atoms with Gasteiger partial charge in [-0.05, 0) is 43.7 Å². The Labute approximate surface area is 155 Å². The van der Waals surface area contributed by atoms with Gasteiger partial charge in [-0.25, -0.2) is 9.37 Å². The third-order valence-corrected chi connectivity index (χ3v) is 4.89. The number of nitrogens with zero attached hydrogens (tertiary/aromatic N) is 4. The summed E-state index contributed by atoms with van der Waals surface area (Å²) >= 11 is 0. The summed E-state index contributed by atoms with van der Waals surface area (Å²) in [7, 11) is 0. The van der Waals surface area contributed by atoms with Crippen molar-refractivity contribution in [2.24, 2.45) is 0 Å². The van der Waals surface area contributed by atoms with Crippen molar-refractivity contribution < 1.29 is 9.13 Å². The highest BCUT2D eigenvalue weighted by molar-refractivity contribution is 5.97. The Morgan fingerprint density at radius 3 is 2.89 bits per heavy atom. The first kappa shape index (κ1) is 16.1. The van der Waals surface area contributed by atoms with Crippen molar-refractivity contribution in [1.29, 1.82) is 0 Å². The molecule has 136 valence electrons. The monoisotopic (exact) mass is 363 g/mol. The number of hydrogen-bond donors (Lipinski definition) is 1. The molecule has 0 saturated heterocycles. The highest BCUT2D eigenvalue weighted by Crippen LogP contribution is 2.39. The first-order valence-corrected chi connectivity index (χ1v) is 8.80. The SMILES string of the molecule is CC1(C)Cn2nc(-c3ccc(F)cn3)c(-c3ccnc4[nH]ccc34)c2CO1. The van der Waals surface area contributed by atoms with Gasteiger partial charge in [-0.15, -0.1) is 0 Å². The van der Waals surface area contributed by atoms with Crippen LogP contribution in [-0.4, -0.2) is 30.3 Å². The molecule has 7 heteroatoms. The van der Waals surface area contributed by atoms with Gasteiger partial charge < -0.3 is 9.72 Å². The van der Waals surface area contributed by atoms with Crippen LogP contribution in [0.5, 0.6) is 0 Å². The minimum absolute atomic E-state index is 0.300. The maximum atomic E-state index is 13.4. The summed E-state index contributed by atoms with van der Waals surface area (Å²) in [6.45, 7) is 5.18. The normalized spacial score (nSPS) is 15.8. The summed E-state index contributed by atoms with van der Waals surface area (Å²) in [6, 6.07) is 7.04. The summed E-state index contributed by atoms with van der Waals surface area (Å²) in [4.78, 5) is 11.8. The van der Waals surface area contributed by atoms with Gasteiger partial charge >= 0.3 is 0 Å². The molecule has 0 aliphatic carbocycles. The van der Waals surface area contributed by atoms with E-state index < -0.39 is 0 Å². The second-order valence-corrected chi connectivity index (χ2v) is 7.34. The smallest absolute Gasteiger partial charge is 0.141 e. The number of rotatable bonds is 2. The summed E-state index contributed by atoms with van der Waals surface area (Å²) in [5.74, 6) is -0.370. The third kappa shape index (κ3) is 2.62. The van der Waals surface area contributed by atoms with E-state index in [-0.39, 0.29) is 11.4 Å². The lowest BCUT2D eigenvalue weighted by molar-refractivity contribution is -0.0657. The van der Waals surface area contributed by atoms with Crippen molar-refractivity contribution in [1.82, 2.24) is 24.7 Å². The minimum Gasteiger partial charge on any atom is -0.367 e. The Hall–Kier alpha value is -3.06. The average molecular weight is 363 g/mol. The Morgan fingerprint density at radius 1 is 1.19 bits per heavy atom. The van der Waals surface area contributed by atoms with E-state index in [1.807, 2.05) is 36.9 Å². The number of fused-ring (bicyclic) bond motifs is 2. The molecule has 0 bridgehead atoms. The van der Waals surface area contributed by atoms with E-state index in [1.54, 1.807) is 12.3 Å². The van der Waals surface area contributed by atoms with Crippen LogP contribution in [-0.2, 0) is 17.9 Å². The zero-order chi connectivity index (χ0) is 18.6. The van der Waals surface area contributed by atoms with Crippen LogP contribution in [0, 0.1) is 5.82 Å². The molecule has 4 aromatic rings. The molecule has 0 saturated carbocycles. The Morgan fingerprint density at radius 2 is 2.07 bits per heavy atom. The first-order valence-electron chi connectivity index (χ1n) is 8.80. The molecule has 1 aliphatic rings. The summed E-state index contributed by atoms with van der Waals surface area (Å²) in [6.07, 6.45) is 4.86.